The van der Waals surface area contributed by atoms with Crippen molar-refractivity contribution in [3.8, 4) is 0 Å². The first-order chi connectivity index (χ1) is 19.9. The van der Waals surface area contributed by atoms with E-state index in [4.69, 9.17) is 20.1 Å². The van der Waals surface area contributed by atoms with E-state index in [0.29, 0.717) is 30.9 Å². The number of hydrogen-bond donors (Lipinski definition) is 10. The van der Waals surface area contributed by atoms with Gasteiger partial charge < -0.3 is 46.5 Å². The summed E-state index contributed by atoms with van der Waals surface area (Å²) >= 11 is 0. The number of carboxylic acids is 1. The summed E-state index contributed by atoms with van der Waals surface area (Å²) < 4.78 is 0. The third-order valence-corrected chi connectivity index (χ3v) is 6.88. The monoisotopic (exact) mass is 603 g/mol. The van der Waals surface area contributed by atoms with Crippen molar-refractivity contribution in [2.24, 2.45) is 0 Å². The molecular formula is C24H33N9O8Si. The zero-order valence-corrected chi connectivity index (χ0v) is 23.5. The summed E-state index contributed by atoms with van der Waals surface area (Å²) in [7, 11) is -4.04. The molecule has 226 valence electrons. The number of benzene rings is 1. The number of anilines is 2. The highest BCUT2D eigenvalue weighted by Crippen LogP contribution is 2.12. The van der Waals surface area contributed by atoms with Gasteiger partial charge in [0.2, 0.25) is 11.9 Å². The molecular weight excluding hydrogens is 570 g/mol. The fourth-order valence-electron chi connectivity index (χ4n) is 3.72. The Morgan fingerprint density at radius 2 is 1.79 bits per heavy atom. The molecule has 18 heteroatoms. The Kier molecular flexibility index (Phi) is 11.4. The number of aromatic amines is 1. The fourth-order valence-corrected chi connectivity index (χ4v) is 4.37. The Morgan fingerprint density at radius 1 is 1.05 bits per heavy atom. The van der Waals surface area contributed by atoms with E-state index in [0.717, 1.165) is 0 Å². The molecule has 1 unspecified atom stereocenters. The van der Waals surface area contributed by atoms with Gasteiger partial charge in [-0.1, -0.05) is 0 Å². The summed E-state index contributed by atoms with van der Waals surface area (Å²) in [6, 6.07) is 4.87. The van der Waals surface area contributed by atoms with Crippen molar-refractivity contribution >= 4 is 49.4 Å². The number of H-pyrrole nitrogens is 1. The summed E-state index contributed by atoms with van der Waals surface area (Å²) in [5.41, 5.74) is 6.48. The molecule has 0 radical (unpaired) electrons. The number of nitrogens with one attached hydrogen (secondary N) is 5. The fraction of sp³-hybridized carbons (Fsp3) is 0.375. The minimum atomic E-state index is -4.04. The molecule has 17 nitrogen and oxygen atoms in total. The van der Waals surface area contributed by atoms with E-state index in [9.17, 15) is 24.3 Å². The first kappa shape index (κ1) is 32.0. The minimum Gasteiger partial charge on any atom is -0.480 e. The zero-order valence-electron chi connectivity index (χ0n) is 22.5. The standard InChI is InChI=1S/C24H33N9O8Si/c25-24-32-20-19(22(36)33-24)30-16(13-29-20)12-28-15-4-2-14(3-5-15)21(35)31-17(23(37)38)6-7-18(34)27-10-9-26-8-1-11-42(39,40)41/h2-5,13,17,26,28,39-41H,1,6-12H2,(H,27,34)(H,31,35)(H,37,38)(H3,25,29,32,33,36). The summed E-state index contributed by atoms with van der Waals surface area (Å²) in [6.07, 6.45) is 1.57. The predicted molar refractivity (Wildman–Crippen MR) is 152 cm³/mol. The van der Waals surface area contributed by atoms with Gasteiger partial charge in [-0.2, -0.15) is 4.98 Å². The van der Waals surface area contributed by atoms with Gasteiger partial charge in [0.25, 0.3) is 11.5 Å². The third-order valence-electron chi connectivity index (χ3n) is 5.86. The molecule has 3 aromatic rings. The number of carboxylic acid groups (broad SMARTS) is 1. The molecule has 0 saturated heterocycles. The van der Waals surface area contributed by atoms with Crippen LogP contribution in [0.3, 0.4) is 0 Å². The predicted octanol–water partition coefficient (Wildman–Crippen LogP) is -2.12. The summed E-state index contributed by atoms with van der Waals surface area (Å²) in [5.74, 6) is -2.34. The van der Waals surface area contributed by atoms with Crippen LogP contribution >= 0.6 is 0 Å². The lowest BCUT2D eigenvalue weighted by molar-refractivity contribution is -0.139. The van der Waals surface area contributed by atoms with Crippen molar-refractivity contribution in [1.82, 2.24) is 35.9 Å². The molecule has 11 N–H and O–H groups in total. The Balaban J connectivity index is 1.42. The Labute approximate surface area is 240 Å². The quantitative estimate of drug-likeness (QED) is 0.0619. The van der Waals surface area contributed by atoms with Crippen molar-refractivity contribution < 1.29 is 33.9 Å². The van der Waals surface area contributed by atoms with Crippen LogP contribution in [0.5, 0.6) is 0 Å². The van der Waals surface area contributed by atoms with E-state index >= 15 is 0 Å². The molecule has 0 aliphatic heterocycles. The van der Waals surface area contributed by atoms with Crippen LogP contribution in [0.15, 0.2) is 35.3 Å². The Hall–Kier alpha value is -4.49. The molecule has 42 heavy (non-hydrogen) atoms. The van der Waals surface area contributed by atoms with Crippen LogP contribution in [0.1, 0.15) is 35.3 Å². The Morgan fingerprint density at radius 3 is 2.48 bits per heavy atom. The van der Waals surface area contributed by atoms with Crippen molar-refractivity contribution in [2.75, 3.05) is 30.7 Å². The number of amides is 2. The van der Waals surface area contributed by atoms with E-state index in [-0.39, 0.29) is 60.6 Å². The zero-order chi connectivity index (χ0) is 30.7. The van der Waals surface area contributed by atoms with Crippen molar-refractivity contribution in [1.29, 1.82) is 0 Å². The average Bonchev–Trinajstić information content (AvgIpc) is 2.93. The summed E-state index contributed by atoms with van der Waals surface area (Å²) in [5, 5.41) is 20.6. The second kappa shape index (κ2) is 14.9. The van der Waals surface area contributed by atoms with Crippen molar-refractivity contribution in [2.45, 2.75) is 37.9 Å². The maximum absolute atomic E-state index is 12.6. The molecule has 0 saturated carbocycles. The first-order valence-corrected chi connectivity index (χ1v) is 15.0. The first-order valence-electron chi connectivity index (χ1n) is 12.9. The van der Waals surface area contributed by atoms with Gasteiger partial charge in [-0.25, -0.2) is 14.8 Å². The molecule has 0 aliphatic rings. The maximum Gasteiger partial charge on any atom is 0.492 e. The van der Waals surface area contributed by atoms with E-state index in [1.807, 2.05) is 0 Å². The molecule has 1 atom stereocenters. The van der Waals surface area contributed by atoms with Gasteiger partial charge in [-0.05, 0) is 43.7 Å². The van der Waals surface area contributed by atoms with Gasteiger partial charge in [0, 0.05) is 36.8 Å². The number of nitrogens with zero attached hydrogens (tertiary/aromatic N) is 3. The van der Waals surface area contributed by atoms with Crippen LogP contribution in [0.2, 0.25) is 6.04 Å². The van der Waals surface area contributed by atoms with Crippen LogP contribution in [-0.2, 0) is 16.1 Å². The van der Waals surface area contributed by atoms with Crippen LogP contribution in [-0.4, -0.2) is 91.7 Å². The summed E-state index contributed by atoms with van der Waals surface area (Å²) in [6.45, 7) is 1.30. The van der Waals surface area contributed by atoms with Crippen LogP contribution in [0.4, 0.5) is 11.6 Å². The molecule has 2 amide bonds. The smallest absolute Gasteiger partial charge is 0.480 e. The average molecular weight is 604 g/mol. The number of nitrogen functional groups attached to an aromatic ring is 1. The molecule has 2 aromatic heterocycles. The highest BCUT2D eigenvalue weighted by atomic mass is 28.4. The highest BCUT2D eigenvalue weighted by molar-refractivity contribution is 6.56. The lowest BCUT2D eigenvalue weighted by atomic mass is 10.1. The topological polar surface area (TPSA) is 278 Å². The van der Waals surface area contributed by atoms with Gasteiger partial charge >= 0.3 is 14.8 Å². The number of aliphatic carboxylic acids is 1. The van der Waals surface area contributed by atoms with E-state index in [1.165, 1.54) is 18.3 Å². The normalized spacial score (nSPS) is 12.1. The molecule has 0 fully saturated rings. The van der Waals surface area contributed by atoms with Crippen molar-refractivity contribution in [3.05, 3.63) is 52.1 Å². The molecule has 1 aromatic carbocycles. The molecule has 0 aliphatic carbocycles. The molecule has 0 spiro atoms. The lowest BCUT2D eigenvalue weighted by Crippen LogP contribution is -2.42. The minimum absolute atomic E-state index is 0.0497. The Bertz CT molecular complexity index is 1450. The van der Waals surface area contributed by atoms with Crippen LogP contribution < -0.4 is 32.6 Å². The van der Waals surface area contributed by atoms with Gasteiger partial charge in [0.1, 0.15) is 6.04 Å². The molecule has 3 rings (SSSR count). The van der Waals surface area contributed by atoms with Crippen LogP contribution in [0.25, 0.3) is 11.2 Å². The third kappa shape index (κ3) is 10.5. The van der Waals surface area contributed by atoms with Gasteiger partial charge in [0.15, 0.2) is 11.2 Å². The van der Waals surface area contributed by atoms with Gasteiger partial charge in [0.05, 0.1) is 18.4 Å². The number of carbonyl (C=O) groups excluding carboxylic acids is 2. The number of aromatic nitrogens is 4. The van der Waals surface area contributed by atoms with Gasteiger partial charge in [-0.3, -0.25) is 19.4 Å². The number of rotatable bonds is 16. The number of carbonyl (C=O) groups is 3. The number of nitrogens with two attached hydrogens (primary N) is 1. The number of hydrogen-bond acceptors (Lipinski definition) is 13. The maximum atomic E-state index is 12.6. The molecule has 0 bridgehead atoms. The second-order valence-electron chi connectivity index (χ2n) is 9.30. The lowest BCUT2D eigenvalue weighted by Gasteiger charge is -2.15. The largest absolute Gasteiger partial charge is 0.492 e. The SMILES string of the molecule is Nc1nc2ncc(CNc3ccc(C(=O)NC(CCC(=O)NCCNCCC[Si](O)(O)O)C(=O)O)cc3)nc2c(=O)[nH]1. The van der Waals surface area contributed by atoms with Crippen LogP contribution in [0, 0.1) is 0 Å². The molecule has 2 heterocycles. The van der Waals surface area contributed by atoms with Crippen molar-refractivity contribution in [3.63, 3.8) is 0 Å². The summed E-state index contributed by atoms with van der Waals surface area (Å²) in [4.78, 5) is 89.8. The number of fused-ring (bicyclic) bond motifs is 1. The second-order valence-corrected chi connectivity index (χ2v) is 11.3. The highest BCUT2D eigenvalue weighted by Gasteiger charge is 2.25. The van der Waals surface area contributed by atoms with E-state index < -0.39 is 32.3 Å². The van der Waals surface area contributed by atoms with Gasteiger partial charge in [-0.15, -0.1) is 0 Å². The van der Waals surface area contributed by atoms with E-state index in [2.05, 4.69) is 41.2 Å². The van der Waals surface area contributed by atoms with E-state index in [1.54, 1.807) is 12.1 Å².